The number of hydrogen-bond donors (Lipinski definition) is 2. The molecule has 1 aromatic rings. The first-order chi connectivity index (χ1) is 14.4. The molecule has 1 aliphatic heterocycles. The third-order valence-corrected chi connectivity index (χ3v) is 5.77. The molecule has 164 valence electrons. The number of aliphatic hydroxyl groups is 2. The van der Waals surface area contributed by atoms with Gasteiger partial charge in [-0.25, -0.2) is 4.79 Å². The average molecular weight is 417 g/mol. The minimum Gasteiger partial charge on any atom is -0.462 e. The van der Waals surface area contributed by atoms with Crippen molar-refractivity contribution in [2.45, 2.75) is 64.4 Å². The highest BCUT2D eigenvalue weighted by Crippen LogP contribution is 2.51. The summed E-state index contributed by atoms with van der Waals surface area (Å²) in [6.07, 6.45) is 6.23. The van der Waals surface area contributed by atoms with Gasteiger partial charge in [-0.1, -0.05) is 38.0 Å². The number of unbranched alkanes of at least 4 members (excludes halogenated alkanes) is 2. The van der Waals surface area contributed by atoms with Gasteiger partial charge in [0.2, 0.25) is 0 Å². The molecule has 3 atom stereocenters. The zero-order valence-electron chi connectivity index (χ0n) is 17.9. The second-order valence-corrected chi connectivity index (χ2v) is 8.21. The SMILES string of the molecule is C=C1Oc2cc(CCCCC)cc(OC(=O)OC[C@@H](O)CO)c2[C@@H]2C=C(C)CC[C@@H]12. The maximum atomic E-state index is 12.3. The molecule has 3 rings (SSSR count). The summed E-state index contributed by atoms with van der Waals surface area (Å²) in [4.78, 5) is 12.3. The summed E-state index contributed by atoms with van der Waals surface area (Å²) in [7, 11) is 0. The van der Waals surface area contributed by atoms with Crippen molar-refractivity contribution in [1.82, 2.24) is 0 Å². The van der Waals surface area contributed by atoms with E-state index in [1.807, 2.05) is 12.1 Å². The quantitative estimate of drug-likeness (QED) is 0.278. The predicted octanol–water partition coefficient (Wildman–Crippen LogP) is 4.63. The number of carbonyl (C=O) groups is 1. The van der Waals surface area contributed by atoms with Crippen molar-refractivity contribution < 1.29 is 29.2 Å². The van der Waals surface area contributed by atoms with Crippen LogP contribution in [0.3, 0.4) is 0 Å². The molecule has 30 heavy (non-hydrogen) atoms. The van der Waals surface area contributed by atoms with Crippen molar-refractivity contribution in [3.05, 3.63) is 47.2 Å². The third-order valence-electron chi connectivity index (χ3n) is 5.77. The number of benzene rings is 1. The van der Waals surface area contributed by atoms with Crippen molar-refractivity contribution >= 4 is 6.16 Å². The molecule has 1 aromatic carbocycles. The maximum absolute atomic E-state index is 12.3. The Kier molecular flexibility index (Phi) is 7.56. The second-order valence-electron chi connectivity index (χ2n) is 8.21. The summed E-state index contributed by atoms with van der Waals surface area (Å²) >= 11 is 0. The molecule has 6 nitrogen and oxygen atoms in total. The van der Waals surface area contributed by atoms with Crippen LogP contribution in [0.2, 0.25) is 0 Å². The van der Waals surface area contributed by atoms with Gasteiger partial charge in [0.25, 0.3) is 0 Å². The zero-order chi connectivity index (χ0) is 21.7. The van der Waals surface area contributed by atoms with Crippen molar-refractivity contribution in [2.75, 3.05) is 13.2 Å². The number of fused-ring (bicyclic) bond motifs is 3. The fourth-order valence-corrected chi connectivity index (χ4v) is 4.14. The van der Waals surface area contributed by atoms with Crippen LogP contribution >= 0.6 is 0 Å². The van der Waals surface area contributed by atoms with E-state index in [0.29, 0.717) is 11.5 Å². The van der Waals surface area contributed by atoms with Crippen LogP contribution in [-0.2, 0) is 11.2 Å². The van der Waals surface area contributed by atoms with E-state index in [9.17, 15) is 9.90 Å². The van der Waals surface area contributed by atoms with E-state index in [2.05, 4.69) is 26.5 Å². The highest BCUT2D eigenvalue weighted by Gasteiger charge is 2.37. The predicted molar refractivity (Wildman–Crippen MR) is 114 cm³/mol. The lowest BCUT2D eigenvalue weighted by Gasteiger charge is -2.37. The molecule has 2 N–H and O–H groups in total. The fourth-order valence-electron chi connectivity index (χ4n) is 4.14. The van der Waals surface area contributed by atoms with Crippen molar-refractivity contribution in [1.29, 1.82) is 0 Å². The Morgan fingerprint density at radius 3 is 2.90 bits per heavy atom. The van der Waals surface area contributed by atoms with E-state index in [4.69, 9.17) is 19.3 Å². The molecule has 0 unspecified atom stereocenters. The van der Waals surface area contributed by atoms with Crippen LogP contribution in [0.5, 0.6) is 11.5 Å². The molecule has 0 saturated heterocycles. The first kappa shape index (κ1) is 22.4. The van der Waals surface area contributed by atoms with Crippen LogP contribution in [0, 0.1) is 5.92 Å². The van der Waals surface area contributed by atoms with Crippen LogP contribution in [0.25, 0.3) is 0 Å². The molecular weight excluding hydrogens is 384 g/mol. The Balaban J connectivity index is 1.93. The van der Waals surface area contributed by atoms with Crippen molar-refractivity contribution in [3.63, 3.8) is 0 Å². The van der Waals surface area contributed by atoms with Gasteiger partial charge in [0.15, 0.2) is 0 Å². The van der Waals surface area contributed by atoms with Gasteiger partial charge in [0.05, 0.1) is 6.61 Å². The standard InChI is InChI=1S/C24H32O6/c1-4-5-6-7-17-11-21-23(20-10-15(2)8-9-19(20)16(3)29-21)22(12-17)30-24(27)28-14-18(26)13-25/h10-12,18-20,25-26H,3-9,13-14H2,1-2H3/t18-,19-,20+/m0/s1. The van der Waals surface area contributed by atoms with Gasteiger partial charge < -0.3 is 24.4 Å². The summed E-state index contributed by atoms with van der Waals surface area (Å²) in [5, 5.41) is 18.3. The van der Waals surface area contributed by atoms with E-state index in [-0.39, 0.29) is 18.4 Å². The summed E-state index contributed by atoms with van der Waals surface area (Å²) in [5.74, 6) is 2.03. The Hall–Kier alpha value is -2.31. The van der Waals surface area contributed by atoms with E-state index in [0.717, 1.165) is 55.4 Å². The lowest BCUT2D eigenvalue weighted by molar-refractivity contribution is 0.0174. The summed E-state index contributed by atoms with van der Waals surface area (Å²) in [5.41, 5.74) is 3.16. The molecule has 2 aliphatic rings. The minimum absolute atomic E-state index is 0.0329. The second kappa shape index (κ2) is 10.1. The number of rotatable bonds is 8. The monoisotopic (exact) mass is 416 g/mol. The molecule has 0 radical (unpaired) electrons. The molecule has 1 aliphatic carbocycles. The number of ether oxygens (including phenoxy) is 3. The Morgan fingerprint density at radius 2 is 2.17 bits per heavy atom. The normalized spacial score (nSPS) is 21.1. The summed E-state index contributed by atoms with van der Waals surface area (Å²) in [6.45, 7) is 7.59. The largest absolute Gasteiger partial charge is 0.513 e. The zero-order valence-corrected chi connectivity index (χ0v) is 17.9. The van der Waals surface area contributed by atoms with Gasteiger partial charge >= 0.3 is 6.16 Å². The third kappa shape index (κ3) is 5.24. The lowest BCUT2D eigenvalue weighted by atomic mass is 9.74. The average Bonchev–Trinajstić information content (AvgIpc) is 2.71. The van der Waals surface area contributed by atoms with E-state index in [1.165, 1.54) is 5.57 Å². The highest BCUT2D eigenvalue weighted by atomic mass is 16.7. The molecule has 0 aromatic heterocycles. The van der Waals surface area contributed by atoms with Crippen molar-refractivity contribution in [3.8, 4) is 11.5 Å². The van der Waals surface area contributed by atoms with Crippen molar-refractivity contribution in [2.24, 2.45) is 5.92 Å². The van der Waals surface area contributed by atoms with E-state index >= 15 is 0 Å². The van der Waals surface area contributed by atoms with E-state index < -0.39 is 18.9 Å². The van der Waals surface area contributed by atoms with Crippen LogP contribution in [-0.4, -0.2) is 35.7 Å². The Bertz CT molecular complexity index is 812. The fraction of sp³-hybridized carbons (Fsp3) is 0.542. The van der Waals surface area contributed by atoms with Gasteiger partial charge in [-0.15, -0.1) is 0 Å². The van der Waals surface area contributed by atoms with Crippen LogP contribution in [0.4, 0.5) is 4.79 Å². The summed E-state index contributed by atoms with van der Waals surface area (Å²) < 4.78 is 16.6. The Labute approximate surface area is 178 Å². The van der Waals surface area contributed by atoms with E-state index in [1.54, 1.807) is 0 Å². The number of carbonyl (C=O) groups excluding carboxylic acids is 1. The molecule has 0 saturated carbocycles. The van der Waals surface area contributed by atoms with Crippen LogP contribution in [0.1, 0.15) is 63.0 Å². The van der Waals surface area contributed by atoms with Gasteiger partial charge in [-0.05, 0) is 50.3 Å². The smallest absolute Gasteiger partial charge is 0.462 e. The number of aryl methyl sites for hydroxylation is 1. The minimum atomic E-state index is -1.13. The molecule has 0 fully saturated rings. The van der Waals surface area contributed by atoms with Crippen LogP contribution in [0.15, 0.2) is 36.1 Å². The van der Waals surface area contributed by atoms with Gasteiger partial charge in [-0.2, -0.15) is 0 Å². The molecule has 0 bridgehead atoms. The number of allylic oxidation sites excluding steroid dienone is 3. The molecular formula is C24H32O6. The first-order valence-corrected chi connectivity index (χ1v) is 10.8. The number of hydrogen-bond acceptors (Lipinski definition) is 6. The lowest BCUT2D eigenvalue weighted by Crippen LogP contribution is -2.27. The first-order valence-electron chi connectivity index (χ1n) is 10.8. The maximum Gasteiger partial charge on any atom is 0.513 e. The molecule has 6 heteroatoms. The molecule has 1 heterocycles. The highest BCUT2D eigenvalue weighted by molar-refractivity contribution is 5.67. The molecule has 0 amide bonds. The van der Waals surface area contributed by atoms with Gasteiger partial charge in [0.1, 0.15) is 30.0 Å². The Morgan fingerprint density at radius 1 is 1.37 bits per heavy atom. The van der Waals surface area contributed by atoms with Crippen LogP contribution < -0.4 is 9.47 Å². The number of aliphatic hydroxyl groups excluding tert-OH is 2. The summed E-state index contributed by atoms with van der Waals surface area (Å²) in [6, 6.07) is 3.92. The molecule has 0 spiro atoms. The van der Waals surface area contributed by atoms with Gasteiger partial charge in [-0.3, -0.25) is 0 Å². The topological polar surface area (TPSA) is 85.2 Å². The van der Waals surface area contributed by atoms with Gasteiger partial charge in [0, 0.05) is 17.4 Å².